The lowest BCUT2D eigenvalue weighted by atomic mass is 10.1. The van der Waals surface area contributed by atoms with Crippen LogP contribution in [0, 0.1) is 0 Å². The summed E-state index contributed by atoms with van der Waals surface area (Å²) in [5.41, 5.74) is 6.41. The molecule has 13 heavy (non-hydrogen) atoms. The number of rotatable bonds is 3. The van der Waals surface area contributed by atoms with Gasteiger partial charge in [0, 0.05) is 10.6 Å². The van der Waals surface area contributed by atoms with Crippen molar-refractivity contribution in [2.75, 3.05) is 13.7 Å². The quantitative estimate of drug-likeness (QED) is 0.776. The Bertz CT molecular complexity index is 291. The first kappa shape index (κ1) is 10.3. The Morgan fingerprint density at radius 1 is 1.62 bits per heavy atom. The van der Waals surface area contributed by atoms with Crippen molar-refractivity contribution in [3.63, 3.8) is 0 Å². The number of ether oxygens (including phenoxy) is 1. The number of nitrogens with two attached hydrogens (primary N) is 1. The van der Waals surface area contributed by atoms with Gasteiger partial charge in [-0.1, -0.05) is 17.7 Å². The topological polar surface area (TPSA) is 55.5 Å². The Hall–Kier alpha value is -0.770. The van der Waals surface area contributed by atoms with E-state index in [0.29, 0.717) is 10.8 Å². The first-order chi connectivity index (χ1) is 6.19. The average molecular weight is 202 g/mol. The molecular formula is C9H12ClNO2. The minimum Gasteiger partial charge on any atom is -0.496 e. The van der Waals surface area contributed by atoms with Gasteiger partial charge in [0.05, 0.1) is 19.8 Å². The zero-order valence-corrected chi connectivity index (χ0v) is 8.08. The predicted molar refractivity (Wildman–Crippen MR) is 52.0 cm³/mol. The largest absolute Gasteiger partial charge is 0.496 e. The number of hydrogen-bond donors (Lipinski definition) is 2. The second kappa shape index (κ2) is 4.46. The molecule has 3 nitrogen and oxygen atoms in total. The van der Waals surface area contributed by atoms with Gasteiger partial charge in [-0.05, 0) is 12.1 Å². The van der Waals surface area contributed by atoms with Crippen molar-refractivity contribution in [2.45, 2.75) is 6.04 Å². The summed E-state index contributed by atoms with van der Waals surface area (Å²) in [5, 5.41) is 9.45. The second-order valence-electron chi connectivity index (χ2n) is 2.68. The minimum absolute atomic E-state index is 0.113. The number of benzene rings is 1. The summed E-state index contributed by atoms with van der Waals surface area (Å²) in [6, 6.07) is 4.72. The van der Waals surface area contributed by atoms with Crippen molar-refractivity contribution in [1.82, 2.24) is 0 Å². The first-order valence-electron chi connectivity index (χ1n) is 3.89. The van der Waals surface area contributed by atoms with E-state index in [2.05, 4.69) is 0 Å². The maximum atomic E-state index is 8.86. The molecule has 0 aromatic heterocycles. The van der Waals surface area contributed by atoms with E-state index in [-0.39, 0.29) is 6.61 Å². The summed E-state index contributed by atoms with van der Waals surface area (Å²) < 4.78 is 5.07. The SMILES string of the molecule is COc1cc(Cl)ccc1[C@H](N)CO. The molecule has 72 valence electrons. The van der Waals surface area contributed by atoms with Crippen LogP contribution >= 0.6 is 11.6 Å². The Morgan fingerprint density at radius 2 is 2.31 bits per heavy atom. The van der Waals surface area contributed by atoms with Crippen molar-refractivity contribution >= 4 is 11.6 Å². The molecule has 0 saturated carbocycles. The Kier molecular flexibility index (Phi) is 3.54. The van der Waals surface area contributed by atoms with Crippen LogP contribution in [-0.4, -0.2) is 18.8 Å². The molecule has 0 bridgehead atoms. The van der Waals surface area contributed by atoms with Crippen molar-refractivity contribution in [3.05, 3.63) is 28.8 Å². The molecule has 0 fully saturated rings. The third-order valence-electron chi connectivity index (χ3n) is 1.79. The van der Waals surface area contributed by atoms with Crippen LogP contribution in [0.5, 0.6) is 5.75 Å². The molecule has 0 aliphatic carbocycles. The lowest BCUT2D eigenvalue weighted by Crippen LogP contribution is -2.15. The molecule has 1 atom stereocenters. The molecule has 3 N–H and O–H groups in total. The first-order valence-corrected chi connectivity index (χ1v) is 4.26. The number of hydrogen-bond acceptors (Lipinski definition) is 3. The number of aliphatic hydroxyl groups excluding tert-OH is 1. The number of aliphatic hydroxyl groups is 1. The minimum atomic E-state index is -0.424. The van der Waals surface area contributed by atoms with Gasteiger partial charge in [0.2, 0.25) is 0 Å². The van der Waals surface area contributed by atoms with Crippen LogP contribution in [0.3, 0.4) is 0 Å². The Morgan fingerprint density at radius 3 is 2.85 bits per heavy atom. The number of halogens is 1. The average Bonchev–Trinajstić information content (AvgIpc) is 2.16. The molecule has 0 heterocycles. The van der Waals surface area contributed by atoms with E-state index in [9.17, 15) is 0 Å². The van der Waals surface area contributed by atoms with Crippen molar-refractivity contribution in [2.24, 2.45) is 5.73 Å². The van der Waals surface area contributed by atoms with E-state index in [4.69, 9.17) is 27.2 Å². The van der Waals surface area contributed by atoms with E-state index < -0.39 is 6.04 Å². The molecule has 0 spiro atoms. The summed E-state index contributed by atoms with van der Waals surface area (Å²) in [5.74, 6) is 0.606. The van der Waals surface area contributed by atoms with E-state index >= 15 is 0 Å². The standard InChI is InChI=1S/C9H12ClNO2/c1-13-9-4-6(10)2-3-7(9)8(11)5-12/h2-4,8,12H,5,11H2,1H3/t8-/m1/s1. The highest BCUT2D eigenvalue weighted by molar-refractivity contribution is 6.30. The Balaban J connectivity index is 3.05. The summed E-state index contributed by atoms with van der Waals surface area (Å²) in [7, 11) is 1.54. The third-order valence-corrected chi connectivity index (χ3v) is 2.03. The zero-order valence-electron chi connectivity index (χ0n) is 7.33. The second-order valence-corrected chi connectivity index (χ2v) is 3.11. The maximum absolute atomic E-state index is 8.86. The molecule has 1 aromatic rings. The molecule has 4 heteroatoms. The van der Waals surface area contributed by atoms with Gasteiger partial charge in [0.25, 0.3) is 0 Å². The van der Waals surface area contributed by atoms with E-state index in [0.717, 1.165) is 5.56 Å². The van der Waals surface area contributed by atoms with Crippen molar-refractivity contribution in [3.8, 4) is 5.75 Å². The predicted octanol–water partition coefficient (Wildman–Crippen LogP) is 1.34. The van der Waals surface area contributed by atoms with Crippen LogP contribution in [0.15, 0.2) is 18.2 Å². The van der Waals surface area contributed by atoms with Gasteiger partial charge in [-0.15, -0.1) is 0 Å². The highest BCUT2D eigenvalue weighted by Gasteiger charge is 2.10. The van der Waals surface area contributed by atoms with Gasteiger partial charge < -0.3 is 15.6 Å². The van der Waals surface area contributed by atoms with Gasteiger partial charge in [-0.3, -0.25) is 0 Å². The zero-order chi connectivity index (χ0) is 9.84. The van der Waals surface area contributed by atoms with Gasteiger partial charge >= 0.3 is 0 Å². The molecule has 0 aliphatic heterocycles. The highest BCUT2D eigenvalue weighted by atomic mass is 35.5. The molecular weight excluding hydrogens is 190 g/mol. The van der Waals surface area contributed by atoms with Crippen LogP contribution in [0.2, 0.25) is 5.02 Å². The van der Waals surface area contributed by atoms with Crippen LogP contribution in [0.4, 0.5) is 0 Å². The fourth-order valence-electron chi connectivity index (χ4n) is 1.09. The van der Waals surface area contributed by atoms with Gasteiger partial charge in [-0.25, -0.2) is 0 Å². The van der Waals surface area contributed by atoms with E-state index in [1.807, 2.05) is 0 Å². The van der Waals surface area contributed by atoms with Crippen LogP contribution < -0.4 is 10.5 Å². The lowest BCUT2D eigenvalue weighted by molar-refractivity contribution is 0.264. The molecule has 0 aliphatic rings. The molecule has 0 radical (unpaired) electrons. The lowest BCUT2D eigenvalue weighted by Gasteiger charge is -2.13. The van der Waals surface area contributed by atoms with Crippen LogP contribution in [-0.2, 0) is 0 Å². The monoisotopic (exact) mass is 201 g/mol. The highest BCUT2D eigenvalue weighted by Crippen LogP contribution is 2.26. The van der Waals surface area contributed by atoms with Crippen LogP contribution in [0.25, 0.3) is 0 Å². The molecule has 0 amide bonds. The summed E-state index contributed by atoms with van der Waals surface area (Å²) in [4.78, 5) is 0. The third kappa shape index (κ3) is 2.34. The fraction of sp³-hybridized carbons (Fsp3) is 0.333. The summed E-state index contributed by atoms with van der Waals surface area (Å²) in [6.45, 7) is -0.113. The van der Waals surface area contributed by atoms with E-state index in [1.165, 1.54) is 0 Å². The molecule has 1 rings (SSSR count). The van der Waals surface area contributed by atoms with Gasteiger partial charge in [0.1, 0.15) is 5.75 Å². The summed E-state index contributed by atoms with van der Waals surface area (Å²) in [6.07, 6.45) is 0. The molecule has 0 unspecified atom stereocenters. The molecule has 0 saturated heterocycles. The Labute approximate surface area is 82.1 Å². The van der Waals surface area contributed by atoms with Gasteiger partial charge in [0.15, 0.2) is 0 Å². The fourth-order valence-corrected chi connectivity index (χ4v) is 1.25. The maximum Gasteiger partial charge on any atom is 0.125 e. The van der Waals surface area contributed by atoms with Gasteiger partial charge in [-0.2, -0.15) is 0 Å². The smallest absolute Gasteiger partial charge is 0.125 e. The molecule has 1 aromatic carbocycles. The van der Waals surface area contributed by atoms with Crippen LogP contribution in [0.1, 0.15) is 11.6 Å². The van der Waals surface area contributed by atoms with Crippen molar-refractivity contribution < 1.29 is 9.84 Å². The van der Waals surface area contributed by atoms with E-state index in [1.54, 1.807) is 25.3 Å². The normalized spacial score (nSPS) is 12.6. The number of methoxy groups -OCH3 is 1. The summed E-state index contributed by atoms with van der Waals surface area (Å²) >= 11 is 5.76. The van der Waals surface area contributed by atoms with Crippen molar-refractivity contribution in [1.29, 1.82) is 0 Å².